The first-order valence-corrected chi connectivity index (χ1v) is 11.1. The van der Waals surface area contributed by atoms with E-state index in [0.29, 0.717) is 30.3 Å². The number of carbonyl (C=O) groups excluding carboxylic acids is 1. The van der Waals surface area contributed by atoms with Crippen LogP contribution < -0.4 is 5.32 Å². The third-order valence-corrected chi connectivity index (χ3v) is 6.95. The van der Waals surface area contributed by atoms with E-state index >= 15 is 0 Å². The van der Waals surface area contributed by atoms with Crippen LogP contribution in [0.4, 0.5) is 5.82 Å². The minimum absolute atomic E-state index is 0.195. The Morgan fingerprint density at radius 2 is 1.77 bits per heavy atom. The predicted molar refractivity (Wildman–Crippen MR) is 111 cm³/mol. The van der Waals surface area contributed by atoms with Crippen molar-refractivity contribution >= 4 is 21.7 Å². The van der Waals surface area contributed by atoms with Crippen LogP contribution in [0.25, 0.3) is 5.82 Å². The number of anilines is 1. The van der Waals surface area contributed by atoms with E-state index in [2.05, 4.69) is 20.3 Å². The molecule has 1 aliphatic heterocycles. The van der Waals surface area contributed by atoms with E-state index < -0.39 is 10.0 Å². The largest absolute Gasteiger partial charge is 0.306 e. The van der Waals surface area contributed by atoms with Gasteiger partial charge >= 0.3 is 0 Å². The molecule has 0 unspecified atom stereocenters. The normalized spacial score (nSPS) is 15.1. The molecular weight excluding hydrogens is 404 g/mol. The van der Waals surface area contributed by atoms with Crippen molar-refractivity contribution in [2.45, 2.75) is 31.1 Å². The highest BCUT2D eigenvalue weighted by molar-refractivity contribution is 7.89. The Morgan fingerprint density at radius 3 is 2.43 bits per heavy atom. The Labute approximate surface area is 174 Å². The molecule has 3 heterocycles. The zero-order valence-electron chi connectivity index (χ0n) is 16.5. The van der Waals surface area contributed by atoms with Crippen LogP contribution >= 0.6 is 0 Å². The number of piperidine rings is 1. The molecule has 1 amide bonds. The lowest BCUT2D eigenvalue weighted by Gasteiger charge is -2.25. The molecule has 0 saturated carbocycles. The Bertz CT molecular complexity index is 1150. The van der Waals surface area contributed by atoms with Crippen LogP contribution in [0.2, 0.25) is 0 Å². The SMILES string of the molecule is Cc1nccn1-c1cc(NC(=O)c2ccc(S(=O)(=O)N3CCCCC3)cc2)ncn1. The monoisotopic (exact) mass is 426 g/mol. The van der Waals surface area contributed by atoms with E-state index in [0.717, 1.165) is 25.1 Å². The van der Waals surface area contributed by atoms with Gasteiger partial charge in [-0.05, 0) is 44.0 Å². The Balaban J connectivity index is 1.49. The Kier molecular flexibility index (Phi) is 5.60. The second-order valence-corrected chi connectivity index (χ2v) is 8.99. The molecule has 1 aromatic carbocycles. The molecule has 0 spiro atoms. The van der Waals surface area contributed by atoms with Gasteiger partial charge in [-0.1, -0.05) is 6.42 Å². The zero-order chi connectivity index (χ0) is 21.1. The van der Waals surface area contributed by atoms with Gasteiger partial charge in [-0.25, -0.2) is 23.4 Å². The number of hydrogen-bond donors (Lipinski definition) is 1. The first-order chi connectivity index (χ1) is 14.4. The number of benzene rings is 1. The average molecular weight is 427 g/mol. The third kappa shape index (κ3) is 4.10. The van der Waals surface area contributed by atoms with Gasteiger partial charge in [0.05, 0.1) is 4.90 Å². The fraction of sp³-hybridized carbons (Fsp3) is 0.300. The van der Waals surface area contributed by atoms with Gasteiger partial charge in [-0.3, -0.25) is 9.36 Å². The number of nitrogens with one attached hydrogen (secondary N) is 1. The van der Waals surface area contributed by atoms with Crippen molar-refractivity contribution in [1.29, 1.82) is 0 Å². The molecule has 30 heavy (non-hydrogen) atoms. The smallest absolute Gasteiger partial charge is 0.256 e. The molecule has 4 rings (SSSR count). The fourth-order valence-corrected chi connectivity index (χ4v) is 4.91. The lowest BCUT2D eigenvalue weighted by Crippen LogP contribution is -2.35. The molecule has 0 bridgehead atoms. The van der Waals surface area contributed by atoms with E-state index in [4.69, 9.17) is 0 Å². The van der Waals surface area contributed by atoms with E-state index in [1.807, 2.05) is 6.92 Å². The van der Waals surface area contributed by atoms with E-state index in [-0.39, 0.29) is 10.8 Å². The standard InChI is InChI=1S/C20H22N6O3S/c1-15-21-9-12-26(15)19-13-18(22-14-23-19)24-20(27)16-5-7-17(8-6-16)30(28,29)25-10-3-2-4-11-25/h5-9,12-14H,2-4,10-11H2,1H3,(H,22,23,24,27). The average Bonchev–Trinajstić information content (AvgIpc) is 3.20. The Morgan fingerprint density at radius 1 is 1.03 bits per heavy atom. The number of rotatable bonds is 5. The molecule has 0 radical (unpaired) electrons. The van der Waals surface area contributed by atoms with Crippen molar-refractivity contribution < 1.29 is 13.2 Å². The molecule has 0 aliphatic carbocycles. The molecule has 1 N–H and O–H groups in total. The van der Waals surface area contributed by atoms with Crippen LogP contribution in [0.5, 0.6) is 0 Å². The van der Waals surface area contributed by atoms with Crippen molar-refractivity contribution in [1.82, 2.24) is 23.8 Å². The summed E-state index contributed by atoms with van der Waals surface area (Å²) in [5.41, 5.74) is 0.339. The molecule has 1 aliphatic rings. The summed E-state index contributed by atoms with van der Waals surface area (Å²) in [6, 6.07) is 7.60. The van der Waals surface area contributed by atoms with Gasteiger partial charge in [0.15, 0.2) is 0 Å². The first kappa shape index (κ1) is 20.2. The quantitative estimate of drug-likeness (QED) is 0.671. The number of amides is 1. The highest BCUT2D eigenvalue weighted by atomic mass is 32.2. The molecule has 1 fully saturated rings. The summed E-state index contributed by atoms with van der Waals surface area (Å²) in [5, 5.41) is 2.72. The first-order valence-electron chi connectivity index (χ1n) is 9.69. The van der Waals surface area contributed by atoms with E-state index in [9.17, 15) is 13.2 Å². The molecule has 9 nitrogen and oxygen atoms in total. The second-order valence-electron chi connectivity index (χ2n) is 7.05. The van der Waals surface area contributed by atoms with Gasteiger partial charge in [0.2, 0.25) is 10.0 Å². The summed E-state index contributed by atoms with van der Waals surface area (Å²) in [5.74, 6) is 1.29. The highest BCUT2D eigenvalue weighted by Crippen LogP contribution is 2.21. The lowest BCUT2D eigenvalue weighted by atomic mass is 10.2. The van der Waals surface area contributed by atoms with Gasteiger partial charge in [0.1, 0.15) is 23.8 Å². The van der Waals surface area contributed by atoms with E-state index in [1.165, 1.54) is 34.9 Å². The van der Waals surface area contributed by atoms with Crippen molar-refractivity contribution in [2.75, 3.05) is 18.4 Å². The number of nitrogens with zero attached hydrogens (tertiary/aromatic N) is 5. The maximum Gasteiger partial charge on any atom is 0.256 e. The number of carbonyl (C=O) groups is 1. The van der Waals surface area contributed by atoms with Crippen molar-refractivity contribution in [3.8, 4) is 5.82 Å². The minimum Gasteiger partial charge on any atom is -0.306 e. The molecular formula is C20H22N6O3S. The molecule has 0 atom stereocenters. The third-order valence-electron chi connectivity index (χ3n) is 5.04. The van der Waals surface area contributed by atoms with E-state index in [1.54, 1.807) is 23.0 Å². The molecule has 10 heteroatoms. The van der Waals surface area contributed by atoms with Gasteiger partial charge in [-0.2, -0.15) is 4.31 Å². The summed E-state index contributed by atoms with van der Waals surface area (Å²) in [6.07, 6.45) is 7.59. The number of hydrogen-bond acceptors (Lipinski definition) is 6. The van der Waals surface area contributed by atoms with Gasteiger partial charge in [-0.15, -0.1) is 0 Å². The summed E-state index contributed by atoms with van der Waals surface area (Å²) < 4.78 is 28.8. The molecule has 2 aromatic heterocycles. The van der Waals surface area contributed by atoms with Crippen LogP contribution in [0, 0.1) is 6.92 Å². The van der Waals surface area contributed by atoms with Gasteiger partial charge < -0.3 is 5.32 Å². The summed E-state index contributed by atoms with van der Waals surface area (Å²) in [7, 11) is -3.53. The molecule has 1 saturated heterocycles. The summed E-state index contributed by atoms with van der Waals surface area (Å²) in [4.78, 5) is 25.2. The topological polar surface area (TPSA) is 110 Å². The fourth-order valence-electron chi connectivity index (χ4n) is 3.39. The summed E-state index contributed by atoms with van der Waals surface area (Å²) in [6.45, 7) is 2.92. The second kappa shape index (κ2) is 8.33. The molecule has 156 valence electrons. The number of imidazole rings is 1. The Hall–Kier alpha value is -3.11. The van der Waals surface area contributed by atoms with Crippen molar-refractivity contribution in [2.24, 2.45) is 0 Å². The maximum atomic E-state index is 12.7. The van der Waals surface area contributed by atoms with Gasteiger partial charge in [0.25, 0.3) is 5.91 Å². The van der Waals surface area contributed by atoms with Crippen LogP contribution in [0.15, 0.2) is 53.9 Å². The van der Waals surface area contributed by atoms with Crippen LogP contribution in [0.1, 0.15) is 35.4 Å². The van der Waals surface area contributed by atoms with Crippen LogP contribution in [-0.2, 0) is 10.0 Å². The van der Waals surface area contributed by atoms with Crippen molar-refractivity contribution in [3.05, 3.63) is 60.4 Å². The van der Waals surface area contributed by atoms with Crippen molar-refractivity contribution in [3.63, 3.8) is 0 Å². The molecule has 3 aromatic rings. The van der Waals surface area contributed by atoms with Gasteiger partial charge in [0, 0.05) is 37.1 Å². The van der Waals surface area contributed by atoms with Crippen LogP contribution in [0.3, 0.4) is 0 Å². The summed E-state index contributed by atoms with van der Waals surface area (Å²) >= 11 is 0. The maximum absolute atomic E-state index is 12.7. The highest BCUT2D eigenvalue weighted by Gasteiger charge is 2.26. The number of aromatic nitrogens is 4. The lowest BCUT2D eigenvalue weighted by molar-refractivity contribution is 0.102. The van der Waals surface area contributed by atoms with Crippen LogP contribution in [-0.4, -0.2) is 51.2 Å². The predicted octanol–water partition coefficient (Wildman–Crippen LogP) is 2.40. The zero-order valence-corrected chi connectivity index (χ0v) is 17.3. The number of aryl methyl sites for hydroxylation is 1. The minimum atomic E-state index is -3.53. The number of sulfonamides is 1.